The van der Waals surface area contributed by atoms with Crippen LogP contribution in [0.15, 0.2) is 170 Å². The van der Waals surface area contributed by atoms with Crippen molar-refractivity contribution in [1.29, 1.82) is 0 Å². The molecule has 0 unspecified atom stereocenters. The molecule has 0 saturated carbocycles. The molecule has 10 nitrogen and oxygen atoms in total. The summed E-state index contributed by atoms with van der Waals surface area (Å²) < 4.78 is 11.3. The summed E-state index contributed by atoms with van der Waals surface area (Å²) in [6.07, 6.45) is 6.50. The summed E-state index contributed by atoms with van der Waals surface area (Å²) in [6, 6.07) is 53.6. The standard InChI is InChI=1S/C50H42N4O6/c1-3-59-47-31-27-45(28-32-47)51(41-11-7-5-8-12-41)43-23-17-37(18-24-43)15-21-39-35-50(54(57)58)40(36-49(39)53(55)56)22-16-38-19-25-44(26-20-38)52(42-13-9-6-10-14-42)46-29-33-48(34-30-46)60-4-2/h5-36H,3-4H2,1-2H3/b21-15+,22-16+. The van der Waals surface area contributed by atoms with E-state index in [9.17, 15) is 20.2 Å². The van der Waals surface area contributed by atoms with E-state index in [1.807, 2.05) is 172 Å². The lowest BCUT2D eigenvalue weighted by molar-refractivity contribution is -0.389. The Kier molecular flexibility index (Phi) is 12.7. The average molecular weight is 795 g/mol. The molecular weight excluding hydrogens is 753 g/mol. The molecular formula is C50H42N4O6. The summed E-state index contributed by atoms with van der Waals surface area (Å²) in [6.45, 7) is 5.04. The zero-order valence-electron chi connectivity index (χ0n) is 33.1. The van der Waals surface area contributed by atoms with Gasteiger partial charge >= 0.3 is 0 Å². The Morgan fingerprint density at radius 1 is 0.433 bits per heavy atom. The number of nitro groups is 2. The second-order valence-corrected chi connectivity index (χ2v) is 13.5. The maximum atomic E-state index is 12.3. The summed E-state index contributed by atoms with van der Waals surface area (Å²) in [5, 5.41) is 24.7. The van der Waals surface area contributed by atoms with Crippen molar-refractivity contribution in [2.24, 2.45) is 0 Å². The molecule has 0 aliphatic carbocycles. The van der Waals surface area contributed by atoms with E-state index in [2.05, 4.69) is 9.80 Å². The molecule has 7 aromatic rings. The van der Waals surface area contributed by atoms with Gasteiger partial charge in [-0.15, -0.1) is 0 Å². The molecule has 60 heavy (non-hydrogen) atoms. The topological polar surface area (TPSA) is 111 Å². The predicted molar refractivity (Wildman–Crippen MR) is 242 cm³/mol. The normalized spacial score (nSPS) is 11.1. The smallest absolute Gasteiger partial charge is 0.277 e. The van der Waals surface area contributed by atoms with Gasteiger partial charge < -0.3 is 19.3 Å². The van der Waals surface area contributed by atoms with E-state index in [0.717, 1.165) is 56.8 Å². The molecule has 0 N–H and O–H groups in total. The van der Waals surface area contributed by atoms with Crippen LogP contribution in [-0.2, 0) is 0 Å². The zero-order chi connectivity index (χ0) is 41.8. The van der Waals surface area contributed by atoms with Gasteiger partial charge in [-0.2, -0.15) is 0 Å². The van der Waals surface area contributed by atoms with Crippen molar-refractivity contribution >= 4 is 69.8 Å². The molecule has 10 heteroatoms. The molecule has 298 valence electrons. The maximum Gasteiger partial charge on any atom is 0.277 e. The Balaban J connectivity index is 1.13. The van der Waals surface area contributed by atoms with Crippen molar-refractivity contribution in [3.63, 3.8) is 0 Å². The van der Waals surface area contributed by atoms with Gasteiger partial charge in [0.2, 0.25) is 0 Å². The lowest BCUT2D eigenvalue weighted by atomic mass is 10.0. The van der Waals surface area contributed by atoms with Gasteiger partial charge in [0.25, 0.3) is 11.4 Å². The van der Waals surface area contributed by atoms with E-state index in [-0.39, 0.29) is 22.5 Å². The third-order valence-electron chi connectivity index (χ3n) is 9.62. The molecule has 0 bridgehead atoms. The SMILES string of the molecule is CCOc1ccc(N(c2ccccc2)c2ccc(/C=C/c3cc([N+](=O)[O-])c(/C=C/c4ccc(N(c5ccccc5)c5ccc(OCC)cc5)cc4)cc3[N+](=O)[O-])cc2)cc1. The molecule has 0 radical (unpaired) electrons. The molecule has 0 aliphatic rings. The maximum absolute atomic E-state index is 12.3. The molecule has 0 fully saturated rings. The molecule has 0 spiro atoms. The molecule has 0 aliphatic heterocycles. The van der Waals surface area contributed by atoms with Gasteiger partial charge in [-0.1, -0.05) is 72.8 Å². The highest BCUT2D eigenvalue weighted by Gasteiger charge is 2.22. The van der Waals surface area contributed by atoms with Gasteiger partial charge in [0.1, 0.15) is 11.5 Å². The van der Waals surface area contributed by atoms with Gasteiger partial charge in [-0.25, -0.2) is 0 Å². The number of anilines is 6. The Morgan fingerprint density at radius 3 is 1.03 bits per heavy atom. The number of nitro benzene ring substituents is 2. The monoisotopic (exact) mass is 794 g/mol. The number of para-hydroxylation sites is 2. The van der Waals surface area contributed by atoms with E-state index in [1.165, 1.54) is 24.3 Å². The van der Waals surface area contributed by atoms with Crippen LogP contribution in [0.4, 0.5) is 45.5 Å². The van der Waals surface area contributed by atoms with Crippen molar-refractivity contribution in [2.75, 3.05) is 23.0 Å². The van der Waals surface area contributed by atoms with Gasteiger partial charge in [0.15, 0.2) is 0 Å². The zero-order valence-corrected chi connectivity index (χ0v) is 33.1. The van der Waals surface area contributed by atoms with Crippen LogP contribution in [0.5, 0.6) is 11.5 Å². The Bertz CT molecular complexity index is 2410. The van der Waals surface area contributed by atoms with Crippen LogP contribution in [0.25, 0.3) is 24.3 Å². The number of hydrogen-bond acceptors (Lipinski definition) is 8. The molecule has 0 aromatic heterocycles. The third kappa shape index (κ3) is 9.58. The fraction of sp³-hybridized carbons (Fsp3) is 0.0800. The lowest BCUT2D eigenvalue weighted by Crippen LogP contribution is -2.09. The summed E-state index contributed by atoms with van der Waals surface area (Å²) in [4.78, 5) is 27.8. The number of benzene rings is 7. The van der Waals surface area contributed by atoms with Crippen LogP contribution >= 0.6 is 0 Å². The van der Waals surface area contributed by atoms with Crippen molar-refractivity contribution in [3.05, 3.63) is 212 Å². The molecule has 0 atom stereocenters. The number of ether oxygens (including phenoxy) is 2. The highest BCUT2D eigenvalue weighted by atomic mass is 16.6. The molecule has 0 heterocycles. The minimum Gasteiger partial charge on any atom is -0.494 e. The van der Waals surface area contributed by atoms with E-state index >= 15 is 0 Å². The molecule has 0 saturated heterocycles. The highest BCUT2D eigenvalue weighted by molar-refractivity contribution is 5.84. The van der Waals surface area contributed by atoms with E-state index < -0.39 is 9.85 Å². The number of hydrogen-bond donors (Lipinski definition) is 0. The second kappa shape index (κ2) is 19.0. The van der Waals surface area contributed by atoms with Crippen molar-refractivity contribution in [1.82, 2.24) is 0 Å². The van der Waals surface area contributed by atoms with Crippen LogP contribution in [0.2, 0.25) is 0 Å². The Labute approximate surface area is 348 Å². The van der Waals surface area contributed by atoms with Gasteiger partial charge in [-0.05, 0) is 134 Å². The van der Waals surface area contributed by atoms with Gasteiger partial charge in [0.05, 0.1) is 34.2 Å². The van der Waals surface area contributed by atoms with E-state index in [1.54, 1.807) is 12.2 Å². The lowest BCUT2D eigenvalue weighted by Gasteiger charge is -2.25. The summed E-state index contributed by atoms with van der Waals surface area (Å²) in [7, 11) is 0. The first kappa shape index (κ1) is 40.2. The third-order valence-corrected chi connectivity index (χ3v) is 9.62. The second-order valence-electron chi connectivity index (χ2n) is 13.5. The first-order valence-corrected chi connectivity index (χ1v) is 19.5. The first-order chi connectivity index (χ1) is 29.3. The quantitative estimate of drug-likeness (QED) is 0.0540. The van der Waals surface area contributed by atoms with Crippen LogP contribution in [0, 0.1) is 20.2 Å². The summed E-state index contributed by atoms with van der Waals surface area (Å²) >= 11 is 0. The number of rotatable bonds is 16. The van der Waals surface area contributed by atoms with Gasteiger partial charge in [0, 0.05) is 46.3 Å². The molecule has 0 amide bonds. The van der Waals surface area contributed by atoms with Crippen LogP contribution in [-0.4, -0.2) is 23.1 Å². The van der Waals surface area contributed by atoms with Crippen molar-refractivity contribution < 1.29 is 19.3 Å². The fourth-order valence-electron chi connectivity index (χ4n) is 6.80. The Morgan fingerprint density at radius 2 is 0.733 bits per heavy atom. The van der Waals surface area contributed by atoms with Crippen molar-refractivity contribution in [2.45, 2.75) is 13.8 Å². The first-order valence-electron chi connectivity index (χ1n) is 19.5. The average Bonchev–Trinajstić information content (AvgIpc) is 3.28. The molecule has 7 aromatic carbocycles. The summed E-state index contributed by atoms with van der Waals surface area (Å²) in [5.41, 5.74) is 6.88. The predicted octanol–water partition coefficient (Wildman–Crippen LogP) is 13.6. The van der Waals surface area contributed by atoms with Crippen LogP contribution < -0.4 is 19.3 Å². The largest absolute Gasteiger partial charge is 0.494 e. The summed E-state index contributed by atoms with van der Waals surface area (Å²) in [5.74, 6) is 1.57. The minimum atomic E-state index is -0.522. The van der Waals surface area contributed by atoms with Crippen molar-refractivity contribution in [3.8, 4) is 11.5 Å². The molecule has 7 rings (SSSR count). The van der Waals surface area contributed by atoms with Crippen LogP contribution in [0.1, 0.15) is 36.1 Å². The van der Waals surface area contributed by atoms with E-state index in [0.29, 0.717) is 13.2 Å². The minimum absolute atomic E-state index is 0.118. The fourth-order valence-corrected chi connectivity index (χ4v) is 6.80. The van der Waals surface area contributed by atoms with Crippen LogP contribution in [0.3, 0.4) is 0 Å². The highest BCUT2D eigenvalue weighted by Crippen LogP contribution is 2.38. The van der Waals surface area contributed by atoms with E-state index in [4.69, 9.17) is 9.47 Å². The number of nitrogens with zero attached hydrogens (tertiary/aromatic N) is 4. The van der Waals surface area contributed by atoms with Gasteiger partial charge in [-0.3, -0.25) is 20.2 Å². The Hall–Kier alpha value is -7.98.